The molecule has 2 N–H and O–H groups in total. The fraction of sp³-hybridized carbons (Fsp3) is 0.800. The molecule has 2 heteroatoms. The monoisotopic (exact) mass is 167 g/mol. The van der Waals surface area contributed by atoms with E-state index >= 15 is 0 Å². The van der Waals surface area contributed by atoms with Crippen molar-refractivity contribution in [1.29, 1.82) is 0 Å². The van der Waals surface area contributed by atoms with Crippen molar-refractivity contribution in [3.05, 3.63) is 0 Å². The lowest BCUT2D eigenvalue weighted by Gasteiger charge is -2.27. The molecule has 12 heavy (non-hydrogen) atoms. The van der Waals surface area contributed by atoms with Crippen LogP contribution in [0, 0.1) is 12.3 Å². The molecule has 1 rings (SSSR count). The van der Waals surface area contributed by atoms with Crippen LogP contribution < -0.4 is 5.32 Å². The average Bonchev–Trinajstić information content (AvgIpc) is 2.09. The number of aliphatic hydroxyl groups is 1. The van der Waals surface area contributed by atoms with E-state index in [4.69, 9.17) is 6.42 Å². The van der Waals surface area contributed by atoms with E-state index in [0.29, 0.717) is 6.04 Å². The maximum absolute atomic E-state index is 9.25. The van der Waals surface area contributed by atoms with Gasteiger partial charge in [0.1, 0.15) is 0 Å². The van der Waals surface area contributed by atoms with Crippen molar-refractivity contribution < 1.29 is 5.11 Å². The molecule has 0 spiro atoms. The van der Waals surface area contributed by atoms with E-state index in [0.717, 1.165) is 25.7 Å². The average molecular weight is 167 g/mol. The molecular formula is C10H17NO. The standard InChI is InChI=1S/C10H17NO/c1-3-8(2)11-9-4-6-10(12)7-5-9/h1,8-12H,4-7H2,2H3. The van der Waals surface area contributed by atoms with Gasteiger partial charge < -0.3 is 10.4 Å². The Labute approximate surface area is 74.4 Å². The maximum Gasteiger partial charge on any atom is 0.0660 e. The minimum Gasteiger partial charge on any atom is -0.393 e. The van der Waals surface area contributed by atoms with Gasteiger partial charge >= 0.3 is 0 Å². The summed E-state index contributed by atoms with van der Waals surface area (Å²) in [5.74, 6) is 2.65. The van der Waals surface area contributed by atoms with Crippen LogP contribution in [0.1, 0.15) is 32.6 Å². The first kappa shape index (κ1) is 9.57. The molecule has 1 atom stereocenters. The zero-order chi connectivity index (χ0) is 8.97. The quantitative estimate of drug-likeness (QED) is 0.599. The van der Waals surface area contributed by atoms with Gasteiger partial charge in [-0.2, -0.15) is 0 Å². The van der Waals surface area contributed by atoms with Crippen LogP contribution in [0.2, 0.25) is 0 Å². The Morgan fingerprint density at radius 3 is 2.50 bits per heavy atom. The molecule has 0 heterocycles. The van der Waals surface area contributed by atoms with Gasteiger partial charge in [-0.1, -0.05) is 5.92 Å². The maximum atomic E-state index is 9.25. The molecule has 0 aromatic rings. The molecule has 1 aliphatic rings. The molecule has 0 bridgehead atoms. The van der Waals surface area contributed by atoms with Gasteiger partial charge in [0, 0.05) is 6.04 Å². The summed E-state index contributed by atoms with van der Waals surface area (Å²) in [4.78, 5) is 0. The van der Waals surface area contributed by atoms with Crippen molar-refractivity contribution >= 4 is 0 Å². The van der Waals surface area contributed by atoms with Crippen LogP contribution in [0.25, 0.3) is 0 Å². The first-order valence-electron chi connectivity index (χ1n) is 4.62. The van der Waals surface area contributed by atoms with E-state index in [1.54, 1.807) is 0 Å². The van der Waals surface area contributed by atoms with Crippen LogP contribution in [-0.2, 0) is 0 Å². The zero-order valence-electron chi connectivity index (χ0n) is 7.59. The summed E-state index contributed by atoms with van der Waals surface area (Å²) in [6.07, 6.45) is 9.10. The van der Waals surface area contributed by atoms with Crippen LogP contribution in [-0.4, -0.2) is 23.3 Å². The van der Waals surface area contributed by atoms with E-state index in [1.165, 1.54) is 0 Å². The Morgan fingerprint density at radius 1 is 1.42 bits per heavy atom. The van der Waals surface area contributed by atoms with Crippen molar-refractivity contribution in [1.82, 2.24) is 5.32 Å². The molecule has 1 aliphatic carbocycles. The van der Waals surface area contributed by atoms with Crippen molar-refractivity contribution in [3.63, 3.8) is 0 Å². The molecule has 1 saturated carbocycles. The van der Waals surface area contributed by atoms with Crippen LogP contribution in [0.15, 0.2) is 0 Å². The van der Waals surface area contributed by atoms with Crippen molar-refractivity contribution in [2.75, 3.05) is 0 Å². The second-order valence-corrected chi connectivity index (χ2v) is 3.56. The van der Waals surface area contributed by atoms with Gasteiger partial charge in [0.05, 0.1) is 12.1 Å². The lowest BCUT2D eigenvalue weighted by atomic mass is 9.93. The normalized spacial score (nSPS) is 32.4. The Morgan fingerprint density at radius 2 is 2.00 bits per heavy atom. The van der Waals surface area contributed by atoms with Gasteiger partial charge in [-0.05, 0) is 32.6 Å². The van der Waals surface area contributed by atoms with E-state index in [9.17, 15) is 5.11 Å². The molecular weight excluding hydrogens is 150 g/mol. The molecule has 0 amide bonds. The van der Waals surface area contributed by atoms with Crippen molar-refractivity contribution in [2.24, 2.45) is 0 Å². The Kier molecular flexibility index (Phi) is 3.58. The zero-order valence-corrected chi connectivity index (χ0v) is 7.59. The number of rotatable bonds is 2. The summed E-state index contributed by atoms with van der Waals surface area (Å²) >= 11 is 0. The predicted octanol–water partition coefficient (Wildman–Crippen LogP) is 0.901. The first-order valence-corrected chi connectivity index (χ1v) is 4.62. The lowest BCUT2D eigenvalue weighted by Crippen LogP contribution is -2.39. The van der Waals surface area contributed by atoms with Gasteiger partial charge in [0.2, 0.25) is 0 Å². The van der Waals surface area contributed by atoms with Crippen LogP contribution in [0.4, 0.5) is 0 Å². The minimum absolute atomic E-state index is 0.0795. The number of hydrogen-bond donors (Lipinski definition) is 2. The molecule has 1 unspecified atom stereocenters. The van der Waals surface area contributed by atoms with Gasteiger partial charge in [-0.3, -0.25) is 0 Å². The van der Waals surface area contributed by atoms with Gasteiger partial charge in [-0.15, -0.1) is 6.42 Å². The van der Waals surface area contributed by atoms with Crippen LogP contribution in [0.5, 0.6) is 0 Å². The minimum atomic E-state index is -0.0795. The van der Waals surface area contributed by atoms with Crippen molar-refractivity contribution in [2.45, 2.75) is 50.8 Å². The van der Waals surface area contributed by atoms with Crippen LogP contribution in [0.3, 0.4) is 0 Å². The second kappa shape index (κ2) is 4.49. The SMILES string of the molecule is C#CC(C)NC1CCC(O)CC1. The molecule has 2 nitrogen and oxygen atoms in total. The third-order valence-electron chi connectivity index (χ3n) is 2.43. The number of aliphatic hydroxyl groups excluding tert-OH is 1. The second-order valence-electron chi connectivity index (χ2n) is 3.56. The van der Waals surface area contributed by atoms with E-state index in [-0.39, 0.29) is 12.1 Å². The summed E-state index contributed by atoms with van der Waals surface area (Å²) < 4.78 is 0. The van der Waals surface area contributed by atoms with Gasteiger partial charge in [0.25, 0.3) is 0 Å². The van der Waals surface area contributed by atoms with Gasteiger partial charge in [-0.25, -0.2) is 0 Å². The smallest absolute Gasteiger partial charge is 0.0660 e. The summed E-state index contributed by atoms with van der Waals surface area (Å²) in [7, 11) is 0. The molecule has 68 valence electrons. The molecule has 0 aromatic carbocycles. The highest BCUT2D eigenvalue weighted by Crippen LogP contribution is 2.18. The number of nitrogens with one attached hydrogen (secondary N) is 1. The Hall–Kier alpha value is -0.520. The van der Waals surface area contributed by atoms with Gasteiger partial charge in [0.15, 0.2) is 0 Å². The van der Waals surface area contributed by atoms with E-state index in [2.05, 4.69) is 11.2 Å². The fourth-order valence-electron chi connectivity index (χ4n) is 1.64. The molecule has 1 fully saturated rings. The highest BCUT2D eigenvalue weighted by atomic mass is 16.3. The summed E-state index contributed by atoms with van der Waals surface area (Å²) in [5, 5.41) is 12.6. The third kappa shape index (κ3) is 2.84. The predicted molar refractivity (Wildman–Crippen MR) is 49.7 cm³/mol. The lowest BCUT2D eigenvalue weighted by molar-refractivity contribution is 0.116. The Balaban J connectivity index is 2.22. The Bertz CT molecular complexity index is 165. The van der Waals surface area contributed by atoms with Crippen LogP contribution >= 0.6 is 0 Å². The topological polar surface area (TPSA) is 32.3 Å². The largest absolute Gasteiger partial charge is 0.393 e. The fourth-order valence-corrected chi connectivity index (χ4v) is 1.64. The molecule has 0 aromatic heterocycles. The van der Waals surface area contributed by atoms with E-state index in [1.807, 2.05) is 6.92 Å². The molecule has 0 aliphatic heterocycles. The number of hydrogen-bond acceptors (Lipinski definition) is 2. The number of terminal acetylenes is 1. The highest BCUT2D eigenvalue weighted by Gasteiger charge is 2.19. The first-order chi connectivity index (χ1) is 5.72. The van der Waals surface area contributed by atoms with E-state index < -0.39 is 0 Å². The molecule has 0 saturated heterocycles. The third-order valence-corrected chi connectivity index (χ3v) is 2.43. The van der Waals surface area contributed by atoms with Crippen molar-refractivity contribution in [3.8, 4) is 12.3 Å². The summed E-state index contributed by atoms with van der Waals surface area (Å²) in [5.41, 5.74) is 0. The summed E-state index contributed by atoms with van der Waals surface area (Å²) in [6, 6.07) is 0.671. The highest BCUT2D eigenvalue weighted by molar-refractivity contribution is 4.97. The summed E-state index contributed by atoms with van der Waals surface area (Å²) in [6.45, 7) is 1.99. The molecule has 0 radical (unpaired) electrons.